The summed E-state index contributed by atoms with van der Waals surface area (Å²) < 4.78 is 11.8. The number of piperazine rings is 1. The second-order valence-electron chi connectivity index (χ2n) is 10.6. The number of hydrogen-bond acceptors (Lipinski definition) is 8. The van der Waals surface area contributed by atoms with Crippen LogP contribution in [-0.4, -0.2) is 89.0 Å². The maximum Gasteiger partial charge on any atom is 0.234 e. The van der Waals surface area contributed by atoms with E-state index in [1.54, 1.807) is 6.07 Å². The van der Waals surface area contributed by atoms with E-state index in [1.807, 2.05) is 66.7 Å². The Labute approximate surface area is 233 Å². The lowest BCUT2D eigenvalue weighted by molar-refractivity contribution is -0.124. The highest BCUT2D eigenvalue weighted by Crippen LogP contribution is 2.31. The minimum absolute atomic E-state index is 0.0812. The van der Waals surface area contributed by atoms with E-state index in [2.05, 4.69) is 20.1 Å². The number of benzene rings is 3. The smallest absolute Gasteiger partial charge is 0.234 e. The number of rotatable bonds is 9. The van der Waals surface area contributed by atoms with Gasteiger partial charge >= 0.3 is 0 Å². The summed E-state index contributed by atoms with van der Waals surface area (Å²) in [5.74, 6) is 1.10. The third-order valence-corrected chi connectivity index (χ3v) is 7.64. The van der Waals surface area contributed by atoms with Crippen LogP contribution in [0, 0.1) is 0 Å². The Bertz CT molecular complexity index is 1450. The van der Waals surface area contributed by atoms with E-state index in [9.17, 15) is 15.0 Å². The predicted octanol–water partition coefficient (Wildman–Crippen LogP) is 2.63. The van der Waals surface area contributed by atoms with Crippen molar-refractivity contribution in [2.24, 2.45) is 0 Å². The zero-order valence-electron chi connectivity index (χ0n) is 22.3. The Balaban J connectivity index is 0.935. The van der Waals surface area contributed by atoms with Crippen molar-refractivity contribution in [1.29, 1.82) is 0 Å². The first-order chi connectivity index (χ1) is 19.5. The van der Waals surface area contributed by atoms with E-state index < -0.39 is 12.2 Å². The van der Waals surface area contributed by atoms with Gasteiger partial charge in [0.2, 0.25) is 11.8 Å². The number of aliphatic hydroxyl groups excluding tert-OH is 2. The normalized spacial score (nSPS) is 20.4. The maximum atomic E-state index is 12.7. The molecule has 3 atom stereocenters. The molecule has 3 aromatic carbocycles. The van der Waals surface area contributed by atoms with Crippen LogP contribution in [0.1, 0.15) is 17.2 Å². The molecule has 6 rings (SSSR count). The lowest BCUT2D eigenvalue weighted by Gasteiger charge is -2.35. The molecule has 9 heteroatoms. The van der Waals surface area contributed by atoms with E-state index in [4.69, 9.17) is 9.15 Å². The molecule has 0 spiro atoms. The second kappa shape index (κ2) is 11.8. The maximum absolute atomic E-state index is 12.7. The van der Waals surface area contributed by atoms with Gasteiger partial charge in [-0.3, -0.25) is 14.6 Å². The van der Waals surface area contributed by atoms with Gasteiger partial charge in [-0.2, -0.15) is 0 Å². The molecule has 1 aliphatic carbocycles. The van der Waals surface area contributed by atoms with E-state index >= 15 is 0 Å². The molecule has 9 nitrogen and oxygen atoms in total. The van der Waals surface area contributed by atoms with Gasteiger partial charge in [-0.1, -0.05) is 42.5 Å². The highest BCUT2D eigenvalue weighted by atomic mass is 16.5. The number of ether oxygens (including phenoxy) is 1. The van der Waals surface area contributed by atoms with Crippen LogP contribution < -0.4 is 10.1 Å². The largest absolute Gasteiger partial charge is 0.491 e. The molecule has 0 radical (unpaired) electrons. The van der Waals surface area contributed by atoms with Crippen molar-refractivity contribution in [3.05, 3.63) is 83.9 Å². The number of amides is 1. The van der Waals surface area contributed by atoms with Crippen molar-refractivity contribution in [2.45, 2.75) is 24.7 Å². The van der Waals surface area contributed by atoms with E-state index in [0.717, 1.165) is 48.4 Å². The summed E-state index contributed by atoms with van der Waals surface area (Å²) in [6, 6.07) is 22.7. The van der Waals surface area contributed by atoms with Crippen molar-refractivity contribution in [3.63, 3.8) is 0 Å². The number of fused-ring (bicyclic) bond motifs is 2. The van der Waals surface area contributed by atoms with Crippen LogP contribution in [0.2, 0.25) is 0 Å². The molecule has 1 aromatic heterocycles. The molecule has 1 amide bonds. The molecular formula is C31H34N4O5. The Kier molecular flexibility index (Phi) is 7.79. The number of oxazole rings is 1. The quantitative estimate of drug-likeness (QED) is 0.296. The molecule has 4 aromatic rings. The fraction of sp³-hybridized carbons (Fsp3) is 0.355. The van der Waals surface area contributed by atoms with Gasteiger partial charge in [-0.15, -0.1) is 0 Å². The Hall–Kier alpha value is -3.76. The lowest BCUT2D eigenvalue weighted by Crippen LogP contribution is -2.51. The molecule has 40 heavy (non-hydrogen) atoms. The molecule has 0 unspecified atom stereocenters. The van der Waals surface area contributed by atoms with Gasteiger partial charge in [-0.05, 0) is 35.4 Å². The summed E-state index contributed by atoms with van der Waals surface area (Å²) in [5.41, 5.74) is 4.39. The van der Waals surface area contributed by atoms with Gasteiger partial charge in [-0.25, -0.2) is 4.98 Å². The first kappa shape index (κ1) is 26.5. The van der Waals surface area contributed by atoms with Crippen molar-refractivity contribution in [1.82, 2.24) is 20.1 Å². The standard InChI is InChI=1S/C31H34N4O5/c36-23(20-39-24-10-11-26-28(17-24)40-31(32-26)21-6-2-1-3-7-21)18-34-12-14-35(15-13-34)19-29(38)33-30-25-9-5-4-8-22(25)16-27(30)37/h1-11,17,23,27,30,36-37H,12-16,18-20H2,(H,33,38)/t23-,27+,30-/m1/s1. The lowest BCUT2D eigenvalue weighted by atomic mass is 10.1. The number of nitrogens with one attached hydrogen (secondary N) is 1. The SMILES string of the molecule is O=C(CN1CCN(C[C@@H](O)COc2ccc3nc(-c4ccccc4)oc3c2)CC1)N[C@@H]1c2ccccc2C[C@@H]1O. The average molecular weight is 543 g/mol. The number of nitrogens with zero attached hydrogens (tertiary/aromatic N) is 3. The van der Waals surface area contributed by atoms with E-state index in [1.165, 1.54) is 0 Å². The zero-order valence-corrected chi connectivity index (χ0v) is 22.3. The van der Waals surface area contributed by atoms with Gasteiger partial charge in [0.05, 0.1) is 18.7 Å². The third-order valence-electron chi connectivity index (χ3n) is 7.64. The summed E-state index contributed by atoms with van der Waals surface area (Å²) in [4.78, 5) is 21.5. The summed E-state index contributed by atoms with van der Waals surface area (Å²) in [7, 11) is 0. The summed E-state index contributed by atoms with van der Waals surface area (Å²) >= 11 is 0. The van der Waals surface area contributed by atoms with Crippen LogP contribution in [0.15, 0.2) is 77.2 Å². The molecule has 0 saturated carbocycles. The number of hydrogen-bond donors (Lipinski definition) is 3. The highest BCUT2D eigenvalue weighted by Gasteiger charge is 2.32. The Morgan fingerprint density at radius 2 is 1.77 bits per heavy atom. The van der Waals surface area contributed by atoms with Crippen molar-refractivity contribution < 1.29 is 24.2 Å². The van der Waals surface area contributed by atoms with E-state index in [0.29, 0.717) is 36.7 Å². The first-order valence-corrected chi connectivity index (χ1v) is 13.8. The first-order valence-electron chi connectivity index (χ1n) is 13.8. The van der Waals surface area contributed by atoms with Crippen LogP contribution >= 0.6 is 0 Å². The Morgan fingerprint density at radius 1 is 1.02 bits per heavy atom. The zero-order chi connectivity index (χ0) is 27.5. The van der Waals surface area contributed by atoms with Crippen molar-refractivity contribution in [2.75, 3.05) is 45.9 Å². The monoisotopic (exact) mass is 542 g/mol. The van der Waals surface area contributed by atoms with Crippen LogP contribution in [0.5, 0.6) is 5.75 Å². The van der Waals surface area contributed by atoms with Gasteiger partial charge in [0.15, 0.2) is 5.58 Å². The summed E-state index contributed by atoms with van der Waals surface area (Å²) in [6.07, 6.45) is -0.675. The molecule has 3 N–H and O–H groups in total. The van der Waals surface area contributed by atoms with Crippen molar-refractivity contribution >= 4 is 17.0 Å². The van der Waals surface area contributed by atoms with Gasteiger partial charge < -0.3 is 24.7 Å². The topological polar surface area (TPSA) is 111 Å². The average Bonchev–Trinajstić information content (AvgIpc) is 3.54. The molecular weight excluding hydrogens is 508 g/mol. The highest BCUT2D eigenvalue weighted by molar-refractivity contribution is 5.79. The number of aromatic nitrogens is 1. The molecule has 208 valence electrons. The molecule has 1 fully saturated rings. The molecule has 0 bridgehead atoms. The van der Waals surface area contributed by atoms with Crippen LogP contribution in [0.4, 0.5) is 0 Å². The molecule has 2 heterocycles. The van der Waals surface area contributed by atoms with Crippen LogP contribution in [0.3, 0.4) is 0 Å². The fourth-order valence-corrected chi connectivity index (χ4v) is 5.54. The van der Waals surface area contributed by atoms with Crippen molar-refractivity contribution in [3.8, 4) is 17.2 Å². The Morgan fingerprint density at radius 3 is 2.60 bits per heavy atom. The second-order valence-corrected chi connectivity index (χ2v) is 10.6. The van der Waals surface area contributed by atoms with Gasteiger partial charge in [0.1, 0.15) is 24.0 Å². The predicted molar refractivity (Wildman–Crippen MR) is 151 cm³/mol. The van der Waals surface area contributed by atoms with Gasteiger partial charge in [0, 0.05) is 50.8 Å². The minimum atomic E-state index is -0.649. The third kappa shape index (κ3) is 6.03. The molecule has 1 aliphatic heterocycles. The number of carbonyl (C=O) groups is 1. The van der Waals surface area contributed by atoms with Gasteiger partial charge in [0.25, 0.3) is 0 Å². The molecule has 2 aliphatic rings. The fourth-order valence-electron chi connectivity index (χ4n) is 5.54. The minimum Gasteiger partial charge on any atom is -0.491 e. The van der Waals surface area contributed by atoms with E-state index in [-0.39, 0.29) is 18.6 Å². The number of aliphatic hydroxyl groups is 2. The number of β-amino-alcohol motifs (C(OH)–C–C–N with tert-alkyl or cyclic N) is 1. The number of carbonyl (C=O) groups excluding carboxylic acids is 1. The summed E-state index contributed by atoms with van der Waals surface area (Å²) in [5, 5.41) is 24.0. The summed E-state index contributed by atoms with van der Waals surface area (Å²) in [6.45, 7) is 3.93. The molecule has 1 saturated heterocycles. The van der Waals surface area contributed by atoms with Crippen LogP contribution in [-0.2, 0) is 11.2 Å². The van der Waals surface area contributed by atoms with Crippen LogP contribution in [0.25, 0.3) is 22.6 Å².